The second-order valence-electron chi connectivity index (χ2n) is 6.94. The second-order valence-corrected chi connectivity index (χ2v) is 9.33. The summed E-state index contributed by atoms with van der Waals surface area (Å²) in [6.07, 6.45) is 0.523. The van der Waals surface area contributed by atoms with Gasteiger partial charge in [0.1, 0.15) is 5.69 Å². The van der Waals surface area contributed by atoms with Gasteiger partial charge in [0, 0.05) is 28.6 Å². The van der Waals surface area contributed by atoms with Gasteiger partial charge in [0.25, 0.3) is 5.91 Å². The number of rotatable bonds is 6. The molecular formula is C23H25N5O3S2. The Kier molecular flexibility index (Phi) is 7.42. The van der Waals surface area contributed by atoms with Crippen LogP contribution in [0.2, 0.25) is 0 Å². The molecule has 0 aliphatic heterocycles. The summed E-state index contributed by atoms with van der Waals surface area (Å²) in [7, 11) is -3.75. The predicted octanol–water partition coefficient (Wildman–Crippen LogP) is 3.67. The molecule has 0 bridgehead atoms. The number of hydrogen-bond donors (Lipinski definition) is 2. The molecule has 0 fully saturated rings. The van der Waals surface area contributed by atoms with Crippen LogP contribution in [0, 0.1) is 6.92 Å². The fraction of sp³-hybridized carbons (Fsp3) is 0.174. The van der Waals surface area contributed by atoms with Crippen LogP contribution < -0.4 is 10.9 Å². The van der Waals surface area contributed by atoms with E-state index in [-0.39, 0.29) is 10.6 Å². The molecule has 4 rings (SSSR count). The van der Waals surface area contributed by atoms with Gasteiger partial charge in [-0.3, -0.25) is 4.79 Å². The van der Waals surface area contributed by atoms with E-state index >= 15 is 0 Å². The highest BCUT2D eigenvalue weighted by atomic mass is 32.2. The predicted molar refractivity (Wildman–Crippen MR) is 130 cm³/mol. The fourth-order valence-corrected chi connectivity index (χ4v) is 4.57. The van der Waals surface area contributed by atoms with E-state index in [4.69, 9.17) is 16.0 Å². The Morgan fingerprint density at radius 3 is 2.24 bits per heavy atom. The molecule has 4 aromatic rings. The number of thiazole rings is 1. The van der Waals surface area contributed by atoms with Gasteiger partial charge < -0.3 is 5.73 Å². The lowest BCUT2D eigenvalue weighted by molar-refractivity contribution is 0.0996. The monoisotopic (exact) mass is 483 g/mol. The van der Waals surface area contributed by atoms with Gasteiger partial charge in [0.2, 0.25) is 15.2 Å². The van der Waals surface area contributed by atoms with E-state index < -0.39 is 15.9 Å². The summed E-state index contributed by atoms with van der Waals surface area (Å²) < 4.78 is 24.8. The van der Waals surface area contributed by atoms with Crippen LogP contribution in [0.25, 0.3) is 16.4 Å². The van der Waals surface area contributed by atoms with Crippen LogP contribution in [0.3, 0.4) is 0 Å². The summed E-state index contributed by atoms with van der Waals surface area (Å²) in [6.45, 7) is 5.93. The van der Waals surface area contributed by atoms with Crippen LogP contribution in [-0.2, 0) is 16.4 Å². The van der Waals surface area contributed by atoms with E-state index in [0.717, 1.165) is 28.1 Å². The van der Waals surface area contributed by atoms with E-state index in [1.807, 2.05) is 51.1 Å². The van der Waals surface area contributed by atoms with Crippen LogP contribution >= 0.6 is 11.3 Å². The summed E-state index contributed by atoms with van der Waals surface area (Å²) in [4.78, 5) is 15.8. The van der Waals surface area contributed by atoms with Crippen molar-refractivity contribution in [2.45, 2.75) is 32.1 Å². The first-order valence-electron chi connectivity index (χ1n) is 10.3. The molecule has 0 atom stereocenters. The first-order valence-corrected chi connectivity index (χ1v) is 12.7. The lowest BCUT2D eigenvalue weighted by atomic mass is 9.99. The number of hydrogen-bond acceptors (Lipinski definition) is 6. The maximum Gasteiger partial charge on any atom is 0.268 e. The molecule has 2 aromatic carbocycles. The molecule has 10 heteroatoms. The van der Waals surface area contributed by atoms with Crippen molar-refractivity contribution in [1.29, 1.82) is 0 Å². The number of sulfonamides is 1. The molecule has 0 aliphatic rings. The number of nitrogens with two attached hydrogens (primary N) is 2. The van der Waals surface area contributed by atoms with Gasteiger partial charge in [0.15, 0.2) is 0 Å². The Balaban J connectivity index is 0.00000149. The summed E-state index contributed by atoms with van der Waals surface area (Å²) >= 11 is 1.28. The molecule has 2 heterocycles. The Hall–Kier alpha value is -3.34. The van der Waals surface area contributed by atoms with Crippen molar-refractivity contribution in [3.8, 4) is 16.4 Å². The van der Waals surface area contributed by atoms with Gasteiger partial charge in [-0.15, -0.1) is 11.3 Å². The highest BCUT2D eigenvalue weighted by Gasteiger charge is 2.20. The molecule has 8 nitrogen and oxygen atoms in total. The number of carbonyl (C=O) groups is 1. The molecule has 33 heavy (non-hydrogen) atoms. The van der Waals surface area contributed by atoms with Crippen LogP contribution in [0.15, 0.2) is 64.9 Å². The zero-order valence-corrected chi connectivity index (χ0v) is 20.2. The number of primary amides is 1. The van der Waals surface area contributed by atoms with Crippen molar-refractivity contribution in [2.75, 3.05) is 0 Å². The maximum atomic E-state index is 11.5. The van der Waals surface area contributed by atoms with Gasteiger partial charge in [-0.05, 0) is 24.6 Å². The first-order chi connectivity index (χ1) is 15.7. The van der Waals surface area contributed by atoms with Crippen LogP contribution in [-0.4, -0.2) is 29.1 Å². The zero-order chi connectivity index (χ0) is 24.2. The number of carbonyl (C=O) groups excluding carboxylic acids is 1. The minimum atomic E-state index is -3.75. The quantitative estimate of drug-likeness (QED) is 0.431. The van der Waals surface area contributed by atoms with Gasteiger partial charge in [-0.25, -0.2) is 23.2 Å². The Morgan fingerprint density at radius 2 is 1.70 bits per heavy atom. The SMILES string of the molecule is CC.Cc1c(Cc2ccc(S(N)(=O)=O)cc2)c(-c2ccccc2)nn1-c1nc(C(N)=O)cs1. The average molecular weight is 484 g/mol. The molecule has 0 saturated carbocycles. The first kappa shape index (κ1) is 24.3. The topological polar surface area (TPSA) is 134 Å². The third kappa shape index (κ3) is 5.36. The minimum absolute atomic E-state index is 0.0636. The molecule has 1 amide bonds. The number of benzene rings is 2. The van der Waals surface area contributed by atoms with E-state index in [1.54, 1.807) is 22.2 Å². The van der Waals surface area contributed by atoms with E-state index in [1.165, 1.54) is 23.5 Å². The van der Waals surface area contributed by atoms with Crippen molar-refractivity contribution >= 4 is 27.3 Å². The largest absolute Gasteiger partial charge is 0.364 e. The second kappa shape index (κ2) is 10.1. The Labute approximate surface area is 197 Å². The minimum Gasteiger partial charge on any atom is -0.364 e. The van der Waals surface area contributed by atoms with Crippen LogP contribution in [0.4, 0.5) is 0 Å². The molecule has 172 valence electrons. The summed E-state index contributed by atoms with van der Waals surface area (Å²) in [5.41, 5.74) is 9.98. The van der Waals surface area contributed by atoms with Gasteiger partial charge in [0.05, 0.1) is 10.6 Å². The van der Waals surface area contributed by atoms with Crippen molar-refractivity contribution < 1.29 is 13.2 Å². The molecule has 0 saturated heterocycles. The normalized spacial score (nSPS) is 11.0. The number of amides is 1. The fourth-order valence-electron chi connectivity index (χ4n) is 3.24. The molecule has 0 spiro atoms. The molecule has 0 unspecified atom stereocenters. The lowest BCUT2D eigenvalue weighted by Gasteiger charge is -2.06. The smallest absolute Gasteiger partial charge is 0.268 e. The zero-order valence-electron chi connectivity index (χ0n) is 18.5. The van der Waals surface area contributed by atoms with E-state index in [9.17, 15) is 13.2 Å². The number of nitrogens with zero attached hydrogens (tertiary/aromatic N) is 3. The molecule has 2 aromatic heterocycles. The van der Waals surface area contributed by atoms with Crippen LogP contribution in [0.1, 0.15) is 41.2 Å². The van der Waals surface area contributed by atoms with Crippen molar-refractivity contribution in [3.63, 3.8) is 0 Å². The molecule has 0 radical (unpaired) electrons. The molecular weight excluding hydrogens is 458 g/mol. The number of aromatic nitrogens is 3. The third-order valence-electron chi connectivity index (χ3n) is 4.85. The number of primary sulfonamides is 1. The Morgan fingerprint density at radius 1 is 1.06 bits per heavy atom. The molecule has 4 N–H and O–H groups in total. The molecule has 0 aliphatic carbocycles. The highest BCUT2D eigenvalue weighted by Crippen LogP contribution is 2.30. The summed E-state index contributed by atoms with van der Waals surface area (Å²) in [5.74, 6) is -0.592. The van der Waals surface area contributed by atoms with Crippen LogP contribution in [0.5, 0.6) is 0 Å². The summed E-state index contributed by atoms with van der Waals surface area (Å²) in [6, 6.07) is 16.2. The van der Waals surface area contributed by atoms with Crippen molar-refractivity contribution in [3.05, 3.63) is 82.5 Å². The third-order valence-corrected chi connectivity index (χ3v) is 6.59. The Bertz CT molecular complexity index is 1360. The van der Waals surface area contributed by atoms with Gasteiger partial charge in [-0.1, -0.05) is 56.3 Å². The van der Waals surface area contributed by atoms with Crippen molar-refractivity contribution in [2.24, 2.45) is 10.9 Å². The lowest BCUT2D eigenvalue weighted by Crippen LogP contribution is -2.12. The maximum absolute atomic E-state index is 11.5. The van der Waals surface area contributed by atoms with Gasteiger partial charge in [-0.2, -0.15) is 5.10 Å². The van der Waals surface area contributed by atoms with Crippen molar-refractivity contribution in [1.82, 2.24) is 14.8 Å². The standard InChI is InChI=1S/C21H19N5O3S2.C2H6/c1-13-17(11-14-7-9-16(10-8-14)31(23,28)29)19(15-5-3-2-4-6-15)25-26(13)21-24-18(12-30-21)20(22)27;1-2/h2-10,12H,11H2,1H3,(H2,22,27)(H2,23,28,29);1-2H3. The average Bonchev–Trinajstić information content (AvgIpc) is 3.41. The van der Waals surface area contributed by atoms with Gasteiger partial charge >= 0.3 is 0 Å². The highest BCUT2D eigenvalue weighted by molar-refractivity contribution is 7.89. The summed E-state index contributed by atoms with van der Waals surface area (Å²) in [5, 5.41) is 12.1. The van der Waals surface area contributed by atoms with E-state index in [0.29, 0.717) is 11.6 Å². The van der Waals surface area contributed by atoms with E-state index in [2.05, 4.69) is 4.98 Å².